The van der Waals surface area contributed by atoms with Crippen LogP contribution in [-0.4, -0.2) is 54.2 Å². The molecule has 0 aromatic heterocycles. The summed E-state index contributed by atoms with van der Waals surface area (Å²) in [7, 11) is 0. The summed E-state index contributed by atoms with van der Waals surface area (Å²) in [6.07, 6.45) is 2.49. The number of ether oxygens (including phenoxy) is 2. The summed E-state index contributed by atoms with van der Waals surface area (Å²) in [6.45, 7) is 4.44. The molecule has 1 aromatic rings. The van der Waals surface area contributed by atoms with Gasteiger partial charge < -0.3 is 19.7 Å². The van der Waals surface area contributed by atoms with E-state index in [1.54, 1.807) is 4.90 Å². The van der Waals surface area contributed by atoms with E-state index in [9.17, 15) is 9.59 Å². The molecule has 2 heterocycles. The lowest BCUT2D eigenvalue weighted by atomic mass is 10.2. The summed E-state index contributed by atoms with van der Waals surface area (Å²) in [5, 5.41) is 2.96. The van der Waals surface area contributed by atoms with Crippen LogP contribution >= 0.6 is 11.8 Å². The van der Waals surface area contributed by atoms with Crippen molar-refractivity contribution in [2.24, 2.45) is 0 Å². The second-order valence-electron chi connectivity index (χ2n) is 6.35. The molecule has 2 amide bonds. The molecule has 2 fully saturated rings. The van der Waals surface area contributed by atoms with Gasteiger partial charge >= 0.3 is 0 Å². The topological polar surface area (TPSA) is 67.9 Å². The Kier molecular flexibility index (Phi) is 6.20. The summed E-state index contributed by atoms with van der Waals surface area (Å²) in [5.74, 6) is 1.35. The first kappa shape index (κ1) is 18.1. The Morgan fingerprint density at radius 1 is 1.48 bits per heavy atom. The lowest BCUT2D eigenvalue weighted by Gasteiger charge is -2.17. The van der Waals surface area contributed by atoms with E-state index >= 15 is 0 Å². The zero-order valence-electron chi connectivity index (χ0n) is 14.5. The minimum atomic E-state index is -0.115. The van der Waals surface area contributed by atoms with Crippen molar-refractivity contribution in [3.63, 3.8) is 0 Å². The van der Waals surface area contributed by atoms with Gasteiger partial charge in [-0.1, -0.05) is 17.8 Å². The molecule has 0 spiro atoms. The molecule has 0 aliphatic carbocycles. The minimum absolute atomic E-state index is 0.0590. The third-order valence-electron chi connectivity index (χ3n) is 4.31. The Hall–Kier alpha value is -1.73. The van der Waals surface area contributed by atoms with Crippen LogP contribution in [0.25, 0.3) is 0 Å². The monoisotopic (exact) mass is 364 g/mol. The molecule has 7 heteroatoms. The quantitative estimate of drug-likeness (QED) is 0.805. The van der Waals surface area contributed by atoms with E-state index in [0.29, 0.717) is 24.6 Å². The number of carbonyl (C=O) groups excluding carboxylic acids is 2. The van der Waals surface area contributed by atoms with Gasteiger partial charge in [-0.15, -0.1) is 0 Å². The molecule has 2 aliphatic rings. The maximum Gasteiger partial charge on any atom is 0.281 e. The number of thioether (sulfide) groups is 1. The van der Waals surface area contributed by atoms with Gasteiger partial charge in [0.15, 0.2) is 0 Å². The fourth-order valence-corrected chi connectivity index (χ4v) is 3.74. The fraction of sp³-hybridized carbons (Fsp3) is 0.556. The van der Waals surface area contributed by atoms with Gasteiger partial charge in [0.25, 0.3) is 5.24 Å². The van der Waals surface area contributed by atoms with Gasteiger partial charge in [0.05, 0.1) is 11.8 Å². The van der Waals surface area contributed by atoms with Crippen LogP contribution in [0.2, 0.25) is 0 Å². The summed E-state index contributed by atoms with van der Waals surface area (Å²) in [4.78, 5) is 25.5. The minimum Gasteiger partial charge on any atom is -0.489 e. The van der Waals surface area contributed by atoms with Crippen molar-refractivity contribution in [2.45, 2.75) is 32.3 Å². The predicted octanol–water partition coefficient (Wildman–Crippen LogP) is 3.05. The number of aryl methyl sites for hydroxylation is 1. The van der Waals surface area contributed by atoms with Gasteiger partial charge in [-0.05, 0) is 37.5 Å². The van der Waals surface area contributed by atoms with Gasteiger partial charge in [-0.25, -0.2) is 0 Å². The van der Waals surface area contributed by atoms with Crippen LogP contribution in [-0.2, 0) is 9.53 Å². The van der Waals surface area contributed by atoms with Gasteiger partial charge in [-0.3, -0.25) is 9.59 Å². The van der Waals surface area contributed by atoms with Crippen molar-refractivity contribution in [1.29, 1.82) is 0 Å². The zero-order valence-corrected chi connectivity index (χ0v) is 15.3. The van der Waals surface area contributed by atoms with E-state index in [0.717, 1.165) is 37.3 Å². The van der Waals surface area contributed by atoms with Crippen molar-refractivity contribution < 1.29 is 19.1 Å². The van der Waals surface area contributed by atoms with Crippen LogP contribution in [0.15, 0.2) is 18.2 Å². The average Bonchev–Trinajstić information content (AvgIpc) is 3.25. The summed E-state index contributed by atoms with van der Waals surface area (Å²) in [5.41, 5.74) is 1.73. The van der Waals surface area contributed by atoms with E-state index in [1.807, 2.05) is 25.1 Å². The lowest BCUT2D eigenvalue weighted by molar-refractivity contribution is -0.116. The highest BCUT2D eigenvalue weighted by Crippen LogP contribution is 2.27. The van der Waals surface area contributed by atoms with Gasteiger partial charge in [0, 0.05) is 31.9 Å². The molecule has 1 aromatic carbocycles. The molecule has 0 bridgehead atoms. The highest BCUT2D eigenvalue weighted by atomic mass is 32.2. The fourth-order valence-electron chi connectivity index (χ4n) is 2.89. The molecule has 1 unspecified atom stereocenters. The van der Waals surface area contributed by atoms with Gasteiger partial charge in [-0.2, -0.15) is 0 Å². The average molecular weight is 364 g/mol. The molecular weight excluding hydrogens is 340 g/mol. The number of amides is 2. The Labute approximate surface area is 152 Å². The largest absolute Gasteiger partial charge is 0.489 e. The van der Waals surface area contributed by atoms with E-state index in [1.165, 1.54) is 11.8 Å². The summed E-state index contributed by atoms with van der Waals surface area (Å²) in [6, 6.07) is 5.72. The third-order valence-corrected chi connectivity index (χ3v) is 5.21. The normalized spacial score (nSPS) is 20.1. The van der Waals surface area contributed by atoms with Gasteiger partial charge in [0.2, 0.25) is 5.91 Å². The van der Waals surface area contributed by atoms with Crippen LogP contribution in [0.5, 0.6) is 5.75 Å². The first-order chi connectivity index (χ1) is 12.1. The van der Waals surface area contributed by atoms with Crippen LogP contribution in [0.1, 0.15) is 24.8 Å². The van der Waals surface area contributed by atoms with E-state index in [4.69, 9.17) is 9.47 Å². The molecule has 1 N–H and O–H groups in total. The molecular formula is C18H24N2O4S. The van der Waals surface area contributed by atoms with Crippen molar-refractivity contribution >= 4 is 28.6 Å². The molecule has 2 saturated heterocycles. The Bertz CT molecular complexity index is 632. The highest BCUT2D eigenvalue weighted by molar-refractivity contribution is 8.13. The predicted molar refractivity (Wildman–Crippen MR) is 98.3 cm³/mol. The molecule has 25 heavy (non-hydrogen) atoms. The molecule has 1 atom stereocenters. The Morgan fingerprint density at radius 2 is 2.36 bits per heavy atom. The number of benzene rings is 1. The highest BCUT2D eigenvalue weighted by Gasteiger charge is 2.22. The van der Waals surface area contributed by atoms with Crippen molar-refractivity contribution in [2.75, 3.05) is 37.4 Å². The second-order valence-corrected chi connectivity index (χ2v) is 7.39. The molecule has 2 aliphatic heterocycles. The van der Waals surface area contributed by atoms with Crippen molar-refractivity contribution in [1.82, 2.24) is 4.90 Å². The van der Waals surface area contributed by atoms with E-state index in [2.05, 4.69) is 5.32 Å². The first-order valence-electron chi connectivity index (χ1n) is 8.68. The van der Waals surface area contributed by atoms with Crippen LogP contribution in [0.4, 0.5) is 10.5 Å². The second kappa shape index (κ2) is 8.58. The lowest BCUT2D eigenvalue weighted by Crippen LogP contribution is -2.27. The number of hydrogen-bond acceptors (Lipinski definition) is 5. The van der Waals surface area contributed by atoms with Crippen LogP contribution in [0, 0.1) is 6.92 Å². The number of carbonyl (C=O) groups is 2. The summed E-state index contributed by atoms with van der Waals surface area (Å²) < 4.78 is 11.5. The standard InChI is InChI=1S/C18H24N2O4S/c1-13-4-5-15(16(11-13)24-12-14-3-2-9-23-14)19-17(21)6-7-20-8-10-25-18(20)22/h4-5,11,14H,2-3,6-10,12H2,1H3,(H,19,21). The van der Waals surface area contributed by atoms with Crippen LogP contribution < -0.4 is 10.1 Å². The first-order valence-corrected chi connectivity index (χ1v) is 9.67. The van der Waals surface area contributed by atoms with Crippen molar-refractivity contribution in [3.8, 4) is 5.75 Å². The molecule has 0 saturated carbocycles. The van der Waals surface area contributed by atoms with Crippen molar-refractivity contribution in [3.05, 3.63) is 23.8 Å². The number of nitrogens with one attached hydrogen (secondary N) is 1. The number of rotatable bonds is 7. The number of nitrogens with zero attached hydrogens (tertiary/aromatic N) is 1. The third kappa shape index (κ3) is 5.12. The smallest absolute Gasteiger partial charge is 0.281 e. The maximum absolute atomic E-state index is 12.2. The molecule has 3 rings (SSSR count). The van der Waals surface area contributed by atoms with Gasteiger partial charge in [0.1, 0.15) is 12.4 Å². The number of anilines is 1. The SMILES string of the molecule is Cc1ccc(NC(=O)CCN2CCSC2=O)c(OCC2CCCO2)c1. The van der Waals surface area contributed by atoms with E-state index in [-0.39, 0.29) is 23.7 Å². The Morgan fingerprint density at radius 3 is 3.08 bits per heavy atom. The Balaban J connectivity index is 1.54. The molecule has 0 radical (unpaired) electrons. The van der Waals surface area contributed by atoms with E-state index < -0.39 is 0 Å². The zero-order chi connectivity index (χ0) is 17.6. The number of hydrogen-bond donors (Lipinski definition) is 1. The summed E-state index contributed by atoms with van der Waals surface area (Å²) >= 11 is 1.31. The van der Waals surface area contributed by atoms with Crippen LogP contribution in [0.3, 0.4) is 0 Å². The maximum atomic E-state index is 12.2. The molecule has 6 nitrogen and oxygen atoms in total. The molecule has 136 valence electrons.